The van der Waals surface area contributed by atoms with Gasteiger partial charge in [-0.25, -0.2) is 0 Å². The molecule has 4 nitrogen and oxygen atoms in total. The number of carbonyl (C=O) groups is 1. The maximum Gasteiger partial charge on any atom is 0.236 e. The van der Waals surface area contributed by atoms with Gasteiger partial charge in [0.25, 0.3) is 0 Å². The smallest absolute Gasteiger partial charge is 0.236 e. The summed E-state index contributed by atoms with van der Waals surface area (Å²) in [5.41, 5.74) is 0. The van der Waals surface area contributed by atoms with Crippen LogP contribution in [-0.4, -0.2) is 35.1 Å². The highest BCUT2D eigenvalue weighted by Gasteiger charge is 2.29. The van der Waals surface area contributed by atoms with Gasteiger partial charge in [0.2, 0.25) is 5.91 Å². The number of rotatable bonds is 3. The van der Waals surface area contributed by atoms with Gasteiger partial charge in [0.15, 0.2) is 0 Å². The number of carbonyl (C=O) groups excluding carboxylic acids is 1. The van der Waals surface area contributed by atoms with E-state index in [1.54, 1.807) is 4.90 Å². The van der Waals surface area contributed by atoms with E-state index in [1.807, 2.05) is 6.07 Å². The molecule has 1 rings (SSSR count). The lowest BCUT2D eigenvalue weighted by molar-refractivity contribution is -0.134. The van der Waals surface area contributed by atoms with Crippen LogP contribution in [0.3, 0.4) is 0 Å². The SMILES string of the molecule is CCC[C@H]1CN(C(=O)CC#N)CC[C@H]1O. The zero-order chi connectivity index (χ0) is 11.3. The Kier molecular flexibility index (Phi) is 4.57. The van der Waals surface area contributed by atoms with Crippen LogP contribution in [0.15, 0.2) is 0 Å². The number of piperidine rings is 1. The molecule has 1 saturated heterocycles. The van der Waals surface area contributed by atoms with Gasteiger partial charge in [0.05, 0.1) is 12.2 Å². The fourth-order valence-corrected chi connectivity index (χ4v) is 2.08. The van der Waals surface area contributed by atoms with Crippen LogP contribution in [0.1, 0.15) is 32.6 Å². The molecular weight excluding hydrogens is 192 g/mol. The van der Waals surface area contributed by atoms with Crippen molar-refractivity contribution in [2.24, 2.45) is 5.92 Å². The number of nitriles is 1. The van der Waals surface area contributed by atoms with E-state index in [4.69, 9.17) is 5.26 Å². The van der Waals surface area contributed by atoms with Crippen molar-refractivity contribution in [3.05, 3.63) is 0 Å². The molecule has 0 spiro atoms. The first-order valence-corrected chi connectivity index (χ1v) is 5.51. The third kappa shape index (κ3) is 3.21. The predicted octanol–water partition coefficient (Wildman–Crippen LogP) is 0.910. The Bertz CT molecular complexity index is 260. The molecule has 1 aliphatic rings. The second-order valence-electron chi connectivity index (χ2n) is 4.08. The first-order chi connectivity index (χ1) is 7.19. The monoisotopic (exact) mass is 210 g/mol. The van der Waals surface area contributed by atoms with Gasteiger partial charge in [0, 0.05) is 19.0 Å². The molecule has 0 unspecified atom stereocenters. The number of hydrogen-bond donors (Lipinski definition) is 1. The highest BCUT2D eigenvalue weighted by Crippen LogP contribution is 2.21. The molecule has 0 aliphatic carbocycles. The Morgan fingerprint density at radius 2 is 2.40 bits per heavy atom. The maximum atomic E-state index is 11.5. The Balaban J connectivity index is 2.50. The Morgan fingerprint density at radius 1 is 1.67 bits per heavy atom. The van der Waals surface area contributed by atoms with E-state index in [9.17, 15) is 9.90 Å². The van der Waals surface area contributed by atoms with E-state index >= 15 is 0 Å². The Morgan fingerprint density at radius 3 is 3.00 bits per heavy atom. The number of nitrogens with zero attached hydrogens (tertiary/aromatic N) is 2. The fraction of sp³-hybridized carbons (Fsp3) is 0.818. The quantitative estimate of drug-likeness (QED) is 0.753. The van der Waals surface area contributed by atoms with Crippen molar-refractivity contribution in [1.29, 1.82) is 5.26 Å². The van der Waals surface area contributed by atoms with Crippen LogP contribution in [0.25, 0.3) is 0 Å². The van der Waals surface area contributed by atoms with Gasteiger partial charge in [-0.15, -0.1) is 0 Å². The molecule has 0 bridgehead atoms. The van der Waals surface area contributed by atoms with Crippen molar-refractivity contribution in [3.63, 3.8) is 0 Å². The molecule has 0 aromatic carbocycles. The lowest BCUT2D eigenvalue weighted by Crippen LogP contribution is -2.45. The minimum Gasteiger partial charge on any atom is -0.393 e. The van der Waals surface area contributed by atoms with Gasteiger partial charge in [-0.1, -0.05) is 13.3 Å². The van der Waals surface area contributed by atoms with E-state index in [0.717, 1.165) is 12.8 Å². The number of aliphatic hydroxyl groups is 1. The molecule has 4 heteroatoms. The molecule has 15 heavy (non-hydrogen) atoms. The average Bonchev–Trinajstić information content (AvgIpc) is 2.22. The maximum absolute atomic E-state index is 11.5. The summed E-state index contributed by atoms with van der Waals surface area (Å²) >= 11 is 0. The lowest BCUT2D eigenvalue weighted by Gasteiger charge is -2.35. The van der Waals surface area contributed by atoms with Gasteiger partial charge in [-0.2, -0.15) is 5.26 Å². The van der Waals surface area contributed by atoms with Crippen LogP contribution in [0.4, 0.5) is 0 Å². The Hall–Kier alpha value is -1.08. The summed E-state index contributed by atoms with van der Waals surface area (Å²) in [5, 5.41) is 18.2. The van der Waals surface area contributed by atoms with Gasteiger partial charge in [-0.3, -0.25) is 4.79 Å². The highest BCUT2D eigenvalue weighted by atomic mass is 16.3. The molecule has 0 radical (unpaired) electrons. The van der Waals surface area contributed by atoms with Crippen molar-refractivity contribution in [3.8, 4) is 6.07 Å². The van der Waals surface area contributed by atoms with E-state index in [-0.39, 0.29) is 24.3 Å². The van der Waals surface area contributed by atoms with Gasteiger partial charge in [0.1, 0.15) is 6.42 Å². The molecule has 1 N–H and O–H groups in total. The van der Waals surface area contributed by atoms with E-state index in [0.29, 0.717) is 19.5 Å². The first kappa shape index (κ1) is 12.0. The molecule has 0 aromatic rings. The van der Waals surface area contributed by atoms with Crippen LogP contribution < -0.4 is 0 Å². The molecule has 1 fully saturated rings. The summed E-state index contributed by atoms with van der Waals surface area (Å²) in [7, 11) is 0. The molecular formula is C11H18N2O2. The summed E-state index contributed by atoms with van der Waals surface area (Å²) < 4.78 is 0. The molecule has 84 valence electrons. The summed E-state index contributed by atoms with van der Waals surface area (Å²) in [4.78, 5) is 13.2. The topological polar surface area (TPSA) is 64.3 Å². The molecule has 1 heterocycles. The van der Waals surface area contributed by atoms with E-state index < -0.39 is 0 Å². The molecule has 1 aliphatic heterocycles. The van der Waals surface area contributed by atoms with Crippen LogP contribution in [0, 0.1) is 17.2 Å². The third-order valence-electron chi connectivity index (χ3n) is 2.94. The summed E-state index contributed by atoms with van der Waals surface area (Å²) in [6.45, 7) is 3.26. The number of likely N-dealkylation sites (tertiary alicyclic amines) is 1. The lowest BCUT2D eigenvalue weighted by atomic mass is 9.90. The van der Waals surface area contributed by atoms with Crippen LogP contribution in [0.2, 0.25) is 0 Å². The molecule has 1 amide bonds. The second-order valence-corrected chi connectivity index (χ2v) is 4.08. The van der Waals surface area contributed by atoms with Gasteiger partial charge >= 0.3 is 0 Å². The number of amides is 1. The summed E-state index contributed by atoms with van der Waals surface area (Å²) in [5.74, 6) is 0.0805. The summed E-state index contributed by atoms with van der Waals surface area (Å²) in [6, 6.07) is 1.87. The number of aliphatic hydroxyl groups excluding tert-OH is 1. The number of hydrogen-bond acceptors (Lipinski definition) is 3. The normalized spacial score (nSPS) is 26.1. The molecule has 2 atom stereocenters. The second kappa shape index (κ2) is 5.72. The molecule has 0 saturated carbocycles. The van der Waals surface area contributed by atoms with Crippen molar-refractivity contribution in [2.45, 2.75) is 38.7 Å². The standard InChI is InChI=1S/C11H18N2O2/c1-2-3-9-8-13(7-5-10(9)14)11(15)4-6-12/h9-10,14H,2-5,7-8H2,1H3/t9-,10+/m0/s1. The molecule has 0 aromatic heterocycles. The minimum absolute atomic E-state index is 0.0467. The van der Waals surface area contributed by atoms with Crippen LogP contribution in [-0.2, 0) is 4.79 Å². The Labute approximate surface area is 90.5 Å². The largest absolute Gasteiger partial charge is 0.393 e. The minimum atomic E-state index is -0.281. The fourth-order valence-electron chi connectivity index (χ4n) is 2.08. The van der Waals surface area contributed by atoms with E-state index in [1.165, 1.54) is 0 Å². The van der Waals surface area contributed by atoms with Crippen molar-refractivity contribution >= 4 is 5.91 Å². The van der Waals surface area contributed by atoms with E-state index in [2.05, 4.69) is 6.92 Å². The van der Waals surface area contributed by atoms with Gasteiger partial charge in [-0.05, 0) is 12.8 Å². The van der Waals surface area contributed by atoms with Crippen LogP contribution >= 0.6 is 0 Å². The zero-order valence-corrected chi connectivity index (χ0v) is 9.15. The predicted molar refractivity (Wildman–Crippen MR) is 55.8 cm³/mol. The zero-order valence-electron chi connectivity index (χ0n) is 9.15. The van der Waals surface area contributed by atoms with Crippen LogP contribution in [0.5, 0.6) is 0 Å². The summed E-state index contributed by atoms with van der Waals surface area (Å²) in [6.07, 6.45) is 2.27. The average molecular weight is 210 g/mol. The highest BCUT2D eigenvalue weighted by molar-refractivity contribution is 5.78. The van der Waals surface area contributed by atoms with Crippen molar-refractivity contribution in [1.82, 2.24) is 4.90 Å². The third-order valence-corrected chi connectivity index (χ3v) is 2.94. The van der Waals surface area contributed by atoms with Crippen molar-refractivity contribution < 1.29 is 9.90 Å². The first-order valence-electron chi connectivity index (χ1n) is 5.51. The van der Waals surface area contributed by atoms with Crippen molar-refractivity contribution in [2.75, 3.05) is 13.1 Å². The van der Waals surface area contributed by atoms with Gasteiger partial charge < -0.3 is 10.0 Å².